The van der Waals surface area contributed by atoms with Crippen molar-refractivity contribution in [3.63, 3.8) is 0 Å². The van der Waals surface area contributed by atoms with E-state index in [4.69, 9.17) is 20.7 Å². The minimum Gasteiger partial charge on any atom is -0.478 e. The Hall–Kier alpha value is -1.79. The lowest BCUT2D eigenvalue weighted by Gasteiger charge is -2.25. The average molecular weight is 254 g/mol. The number of nitrogens with zero attached hydrogens (tertiary/aromatic N) is 1. The monoisotopic (exact) mass is 254 g/mol. The van der Waals surface area contributed by atoms with Crippen LogP contribution in [-0.2, 0) is 4.74 Å². The number of carbonyl (C=O) groups is 1. The molecule has 4 N–H and O–H groups in total. The van der Waals surface area contributed by atoms with Gasteiger partial charge in [0.25, 0.3) is 0 Å². The number of carboxylic acid groups (broad SMARTS) is 1. The summed E-state index contributed by atoms with van der Waals surface area (Å²) in [5, 5.41) is 18.2. The summed E-state index contributed by atoms with van der Waals surface area (Å²) in [6.07, 6.45) is 0. The summed E-state index contributed by atoms with van der Waals surface area (Å²) >= 11 is 0. The van der Waals surface area contributed by atoms with Crippen LogP contribution in [-0.4, -0.2) is 49.6 Å². The summed E-state index contributed by atoms with van der Waals surface area (Å²) in [5.41, 5.74) is 6.81. The van der Waals surface area contributed by atoms with Gasteiger partial charge in [0.2, 0.25) is 0 Å². The first-order chi connectivity index (χ1) is 8.60. The highest BCUT2D eigenvalue weighted by molar-refractivity contribution is 5.95. The number of ether oxygens (including phenoxy) is 1. The Kier molecular flexibility index (Phi) is 5.41. The molecule has 0 radical (unpaired) electrons. The van der Waals surface area contributed by atoms with Crippen molar-refractivity contribution in [3.8, 4) is 0 Å². The maximum absolute atomic E-state index is 11.2. The van der Waals surface area contributed by atoms with Gasteiger partial charge in [-0.15, -0.1) is 0 Å². The summed E-state index contributed by atoms with van der Waals surface area (Å²) in [5.74, 6) is -1.02. The Balaban J connectivity index is 3.07. The van der Waals surface area contributed by atoms with E-state index in [9.17, 15) is 4.79 Å². The molecule has 0 amide bonds. The summed E-state index contributed by atoms with van der Waals surface area (Å²) in [6.45, 7) is 1.18. The minimum atomic E-state index is -1.02. The summed E-state index contributed by atoms with van der Waals surface area (Å²) in [6, 6.07) is 4.60. The quantitative estimate of drug-likeness (QED) is 0.610. The predicted molar refractivity (Wildman–Crippen MR) is 69.0 cm³/mol. The fourth-order valence-electron chi connectivity index (χ4n) is 1.67. The Morgan fingerprint density at radius 3 is 2.72 bits per heavy atom. The van der Waals surface area contributed by atoms with Crippen LogP contribution in [0.25, 0.3) is 0 Å². The summed E-state index contributed by atoms with van der Waals surface area (Å²) < 4.78 is 4.97. The lowest BCUT2D eigenvalue weighted by Crippen LogP contribution is -2.31. The van der Waals surface area contributed by atoms with E-state index >= 15 is 0 Å². The van der Waals surface area contributed by atoms with Crippen LogP contribution in [0.2, 0.25) is 0 Å². The van der Waals surface area contributed by atoms with Gasteiger partial charge in [-0.25, -0.2) is 4.79 Å². The van der Waals surface area contributed by atoms with Gasteiger partial charge in [0.15, 0.2) is 0 Å². The number of aliphatic hydroxyl groups excluding tert-OH is 1. The molecule has 1 rings (SSSR count). The van der Waals surface area contributed by atoms with Crippen molar-refractivity contribution in [1.29, 1.82) is 0 Å². The van der Waals surface area contributed by atoms with Crippen LogP contribution < -0.4 is 10.6 Å². The van der Waals surface area contributed by atoms with Crippen LogP contribution in [0.15, 0.2) is 18.2 Å². The van der Waals surface area contributed by atoms with Gasteiger partial charge in [0.05, 0.1) is 24.5 Å². The zero-order chi connectivity index (χ0) is 13.5. The molecular weight excluding hydrogens is 236 g/mol. The fraction of sp³-hybridized carbons (Fsp3) is 0.417. The molecule has 0 fully saturated rings. The van der Waals surface area contributed by atoms with Gasteiger partial charge in [-0.2, -0.15) is 0 Å². The van der Waals surface area contributed by atoms with E-state index < -0.39 is 5.97 Å². The molecule has 0 heterocycles. The van der Waals surface area contributed by atoms with Crippen molar-refractivity contribution in [3.05, 3.63) is 23.8 Å². The third kappa shape index (κ3) is 3.61. The Labute approximate surface area is 106 Å². The van der Waals surface area contributed by atoms with Crippen LogP contribution in [0.5, 0.6) is 0 Å². The average Bonchev–Trinajstić information content (AvgIpc) is 2.34. The maximum Gasteiger partial charge on any atom is 0.337 e. The maximum atomic E-state index is 11.2. The fourth-order valence-corrected chi connectivity index (χ4v) is 1.67. The number of hydrogen-bond acceptors (Lipinski definition) is 5. The number of aromatic carboxylic acids is 1. The molecule has 1 aromatic rings. The van der Waals surface area contributed by atoms with Gasteiger partial charge in [0.1, 0.15) is 0 Å². The number of methoxy groups -OCH3 is 1. The molecule has 0 saturated carbocycles. The highest BCUT2D eigenvalue weighted by atomic mass is 16.5. The first-order valence-electron chi connectivity index (χ1n) is 5.57. The van der Waals surface area contributed by atoms with Crippen molar-refractivity contribution in [2.24, 2.45) is 0 Å². The highest BCUT2D eigenvalue weighted by Gasteiger charge is 2.16. The van der Waals surface area contributed by atoms with Gasteiger partial charge in [0, 0.05) is 25.9 Å². The number of aliphatic hydroxyl groups is 1. The number of carboxylic acids is 1. The standard InChI is InChI=1S/C12H18N2O4/c1-18-7-5-14(4-6-15)11-8-9(13)2-3-10(11)12(16)17/h2-3,8,15H,4-7,13H2,1H3,(H,16,17). The molecule has 100 valence electrons. The van der Waals surface area contributed by atoms with Gasteiger partial charge in [-0.3, -0.25) is 0 Å². The van der Waals surface area contributed by atoms with E-state index in [2.05, 4.69) is 0 Å². The molecule has 0 bridgehead atoms. The zero-order valence-corrected chi connectivity index (χ0v) is 10.3. The molecule has 0 saturated heterocycles. The largest absolute Gasteiger partial charge is 0.478 e. The van der Waals surface area contributed by atoms with Gasteiger partial charge < -0.3 is 25.6 Å². The molecule has 0 atom stereocenters. The van der Waals surface area contributed by atoms with Crippen LogP contribution in [0.1, 0.15) is 10.4 Å². The third-order valence-electron chi connectivity index (χ3n) is 2.53. The third-order valence-corrected chi connectivity index (χ3v) is 2.53. The molecule has 6 heteroatoms. The van der Waals surface area contributed by atoms with Crippen molar-refractivity contribution < 1.29 is 19.7 Å². The van der Waals surface area contributed by atoms with Crippen LogP contribution in [0.3, 0.4) is 0 Å². The van der Waals surface area contributed by atoms with E-state index in [1.807, 2.05) is 0 Å². The zero-order valence-electron chi connectivity index (χ0n) is 10.3. The highest BCUT2D eigenvalue weighted by Crippen LogP contribution is 2.23. The summed E-state index contributed by atoms with van der Waals surface area (Å²) in [4.78, 5) is 12.9. The lowest BCUT2D eigenvalue weighted by molar-refractivity contribution is 0.0697. The van der Waals surface area contributed by atoms with Gasteiger partial charge in [-0.05, 0) is 18.2 Å². The van der Waals surface area contributed by atoms with Gasteiger partial charge >= 0.3 is 5.97 Å². The Bertz CT molecular complexity index is 409. The molecule has 0 aliphatic heterocycles. The van der Waals surface area contributed by atoms with Crippen molar-refractivity contribution in [1.82, 2.24) is 0 Å². The number of nitrogens with two attached hydrogens (primary N) is 1. The molecule has 0 aromatic heterocycles. The number of nitrogen functional groups attached to an aromatic ring is 1. The molecule has 0 aliphatic carbocycles. The second kappa shape index (κ2) is 6.83. The topological polar surface area (TPSA) is 96.0 Å². The molecular formula is C12H18N2O4. The lowest BCUT2D eigenvalue weighted by atomic mass is 10.1. The van der Waals surface area contributed by atoms with E-state index in [0.717, 1.165) is 0 Å². The normalized spacial score (nSPS) is 10.3. The molecule has 0 spiro atoms. The molecule has 1 aromatic carbocycles. The Morgan fingerprint density at radius 2 is 2.17 bits per heavy atom. The van der Waals surface area contributed by atoms with Crippen LogP contribution in [0, 0.1) is 0 Å². The van der Waals surface area contributed by atoms with Crippen molar-refractivity contribution in [2.75, 3.05) is 44.0 Å². The first kappa shape index (κ1) is 14.3. The van der Waals surface area contributed by atoms with E-state index in [1.165, 1.54) is 6.07 Å². The number of anilines is 2. The second-order valence-corrected chi connectivity index (χ2v) is 3.79. The van der Waals surface area contributed by atoms with Crippen molar-refractivity contribution >= 4 is 17.3 Å². The smallest absolute Gasteiger partial charge is 0.337 e. The van der Waals surface area contributed by atoms with Crippen molar-refractivity contribution in [2.45, 2.75) is 0 Å². The predicted octanol–water partition coefficient (Wildman–Crippen LogP) is 0.412. The number of rotatable bonds is 7. The Morgan fingerprint density at radius 1 is 1.44 bits per heavy atom. The van der Waals surface area contributed by atoms with Gasteiger partial charge in [-0.1, -0.05) is 0 Å². The molecule has 0 aliphatic rings. The number of hydrogen-bond donors (Lipinski definition) is 3. The van der Waals surface area contributed by atoms with E-state index in [1.54, 1.807) is 24.1 Å². The number of benzene rings is 1. The molecule has 18 heavy (non-hydrogen) atoms. The SMILES string of the molecule is COCCN(CCO)c1cc(N)ccc1C(=O)O. The van der Waals surface area contributed by atoms with E-state index in [-0.39, 0.29) is 12.2 Å². The second-order valence-electron chi connectivity index (χ2n) is 3.79. The van der Waals surface area contributed by atoms with E-state index in [0.29, 0.717) is 31.1 Å². The summed E-state index contributed by atoms with van der Waals surface area (Å²) in [7, 11) is 1.56. The van der Waals surface area contributed by atoms with Crippen LogP contribution in [0.4, 0.5) is 11.4 Å². The first-order valence-corrected chi connectivity index (χ1v) is 5.57. The minimum absolute atomic E-state index is 0.0719. The van der Waals surface area contributed by atoms with Crippen LogP contribution >= 0.6 is 0 Å². The molecule has 6 nitrogen and oxygen atoms in total. The molecule has 0 unspecified atom stereocenters.